The summed E-state index contributed by atoms with van der Waals surface area (Å²) in [4.78, 5) is 32.1. The van der Waals surface area contributed by atoms with Crippen LogP contribution in [0.3, 0.4) is 0 Å². The predicted octanol–water partition coefficient (Wildman–Crippen LogP) is 5.92. The maximum absolute atomic E-state index is 13.9. The second-order valence-corrected chi connectivity index (χ2v) is 12.6. The molecule has 3 aromatic carbocycles. The lowest BCUT2D eigenvalue weighted by molar-refractivity contribution is -0.139. The molecule has 0 aliphatic carbocycles. The van der Waals surface area contributed by atoms with Gasteiger partial charge in [0.2, 0.25) is 0 Å². The maximum Gasteiger partial charge on any atom is 0.338 e. The van der Waals surface area contributed by atoms with E-state index in [0.29, 0.717) is 31.9 Å². The van der Waals surface area contributed by atoms with Gasteiger partial charge < -0.3 is 9.47 Å². The summed E-state index contributed by atoms with van der Waals surface area (Å²) in [6.45, 7) is 5.99. The van der Waals surface area contributed by atoms with Crippen LogP contribution in [0.4, 0.5) is 0 Å². The van der Waals surface area contributed by atoms with E-state index < -0.39 is 12.0 Å². The third-order valence-electron chi connectivity index (χ3n) is 6.74. The lowest BCUT2D eigenvalue weighted by Gasteiger charge is -2.24. The standard InChI is InChI=1S/C32H25BrIN3O4S/c1-4-40-31(39)27-19(3)36-32-37(28(27)21-11-9-18(2)10-12-21)30(38)26(42-32)15-20-13-24(33)29(25(34)14-20)41-17-23-8-6-5-7-22(23)16-35/h5-15,28H,4,17H2,1-3H3/b26-15+/t28-/m1/s1. The molecule has 0 radical (unpaired) electrons. The third-order valence-corrected chi connectivity index (χ3v) is 9.11. The van der Waals surface area contributed by atoms with E-state index >= 15 is 0 Å². The second-order valence-electron chi connectivity index (χ2n) is 9.58. The molecule has 0 amide bonds. The summed E-state index contributed by atoms with van der Waals surface area (Å²) in [6, 6.07) is 20.5. The highest BCUT2D eigenvalue weighted by Crippen LogP contribution is 2.34. The zero-order valence-corrected chi connectivity index (χ0v) is 27.5. The number of halogens is 2. The van der Waals surface area contributed by atoms with Gasteiger partial charge in [-0.05, 0) is 94.7 Å². The number of allylic oxidation sites excluding steroid dienone is 1. The van der Waals surface area contributed by atoms with Gasteiger partial charge in [0.1, 0.15) is 12.4 Å². The number of carbonyl (C=O) groups excluding carboxylic acids is 1. The van der Waals surface area contributed by atoms with Gasteiger partial charge in [-0.2, -0.15) is 5.26 Å². The van der Waals surface area contributed by atoms with Crippen molar-refractivity contribution in [2.24, 2.45) is 4.99 Å². The van der Waals surface area contributed by atoms with E-state index in [1.54, 1.807) is 24.5 Å². The van der Waals surface area contributed by atoms with Crippen molar-refractivity contribution in [2.45, 2.75) is 33.4 Å². The molecule has 42 heavy (non-hydrogen) atoms. The fourth-order valence-corrected chi connectivity index (χ4v) is 7.53. The van der Waals surface area contributed by atoms with Crippen molar-refractivity contribution in [3.8, 4) is 11.8 Å². The molecule has 0 fully saturated rings. The van der Waals surface area contributed by atoms with Crippen LogP contribution in [0.25, 0.3) is 6.08 Å². The van der Waals surface area contributed by atoms with E-state index in [9.17, 15) is 14.9 Å². The molecule has 212 valence electrons. The maximum atomic E-state index is 13.9. The van der Waals surface area contributed by atoms with Crippen LogP contribution in [-0.4, -0.2) is 17.1 Å². The number of hydrogen-bond acceptors (Lipinski definition) is 7. The Labute approximate surface area is 268 Å². The van der Waals surface area contributed by atoms with Gasteiger partial charge >= 0.3 is 5.97 Å². The molecule has 4 aromatic rings. The van der Waals surface area contributed by atoms with Gasteiger partial charge in [0, 0.05) is 5.56 Å². The molecule has 2 heterocycles. The summed E-state index contributed by atoms with van der Waals surface area (Å²) in [5.41, 5.74) is 4.70. The molecule has 1 aromatic heterocycles. The van der Waals surface area contributed by atoms with Gasteiger partial charge in [-0.3, -0.25) is 9.36 Å². The third kappa shape index (κ3) is 6.00. The van der Waals surface area contributed by atoms with Crippen LogP contribution in [0.1, 0.15) is 47.7 Å². The van der Waals surface area contributed by atoms with Crippen molar-refractivity contribution in [1.29, 1.82) is 5.26 Å². The smallest absolute Gasteiger partial charge is 0.338 e. The Morgan fingerprint density at radius 1 is 1.19 bits per heavy atom. The number of esters is 1. The minimum absolute atomic E-state index is 0.221. The number of ether oxygens (including phenoxy) is 2. The number of fused-ring (bicyclic) bond motifs is 1. The molecule has 0 unspecified atom stereocenters. The van der Waals surface area contributed by atoms with E-state index in [1.165, 1.54) is 11.3 Å². The number of aryl methyl sites for hydroxylation is 1. The van der Waals surface area contributed by atoms with Gasteiger partial charge in [0.15, 0.2) is 4.80 Å². The first-order chi connectivity index (χ1) is 20.2. The molecule has 1 aliphatic rings. The van der Waals surface area contributed by atoms with E-state index in [4.69, 9.17) is 9.47 Å². The second kappa shape index (κ2) is 12.8. The number of aromatic nitrogens is 1. The number of thiazole rings is 1. The first-order valence-corrected chi connectivity index (χ1v) is 15.8. The van der Waals surface area contributed by atoms with E-state index in [0.717, 1.165) is 30.3 Å². The Balaban J connectivity index is 1.55. The summed E-state index contributed by atoms with van der Waals surface area (Å²) in [5, 5.41) is 9.38. The summed E-state index contributed by atoms with van der Waals surface area (Å²) < 4.78 is 15.1. The molecule has 0 saturated carbocycles. The van der Waals surface area contributed by atoms with Gasteiger partial charge in [-0.25, -0.2) is 9.79 Å². The van der Waals surface area contributed by atoms with Crippen molar-refractivity contribution in [3.05, 3.63) is 127 Å². The Morgan fingerprint density at radius 3 is 2.62 bits per heavy atom. The number of hydrogen-bond donors (Lipinski definition) is 0. The molecule has 1 atom stereocenters. The SMILES string of the molecule is CCOC(=O)C1=C(C)N=c2s/c(=C/c3cc(Br)c(OCc4ccccc4C#N)c(I)c3)c(=O)n2[C@@H]1c1ccc(C)cc1. The van der Waals surface area contributed by atoms with Crippen LogP contribution in [0.5, 0.6) is 5.75 Å². The molecule has 0 bridgehead atoms. The van der Waals surface area contributed by atoms with E-state index in [-0.39, 0.29) is 18.8 Å². The number of benzene rings is 3. The van der Waals surface area contributed by atoms with Crippen molar-refractivity contribution < 1.29 is 14.3 Å². The minimum Gasteiger partial charge on any atom is -0.487 e. The van der Waals surface area contributed by atoms with Gasteiger partial charge in [0.05, 0.1) is 48.1 Å². The Hall–Kier alpha value is -3.53. The van der Waals surface area contributed by atoms with Crippen molar-refractivity contribution in [2.75, 3.05) is 6.61 Å². The molecule has 7 nitrogen and oxygen atoms in total. The molecule has 0 saturated heterocycles. The number of nitrogens with zero attached hydrogens (tertiary/aromatic N) is 3. The monoisotopic (exact) mass is 753 g/mol. The first kappa shape index (κ1) is 29.9. The molecule has 0 spiro atoms. The quantitative estimate of drug-likeness (QED) is 0.173. The number of nitriles is 1. The van der Waals surface area contributed by atoms with Crippen LogP contribution >= 0.6 is 49.9 Å². The summed E-state index contributed by atoms with van der Waals surface area (Å²) in [5.74, 6) is 0.168. The van der Waals surface area contributed by atoms with Crippen LogP contribution in [-0.2, 0) is 16.1 Å². The van der Waals surface area contributed by atoms with Gasteiger partial charge in [-0.15, -0.1) is 0 Å². The molecular weight excluding hydrogens is 729 g/mol. The van der Waals surface area contributed by atoms with Crippen LogP contribution in [0.2, 0.25) is 0 Å². The molecule has 5 rings (SSSR count). The predicted molar refractivity (Wildman–Crippen MR) is 174 cm³/mol. The van der Waals surface area contributed by atoms with Crippen molar-refractivity contribution >= 4 is 61.9 Å². The molecule has 10 heteroatoms. The average Bonchev–Trinajstić information content (AvgIpc) is 3.26. The normalized spacial score (nSPS) is 14.7. The minimum atomic E-state index is -0.651. The van der Waals surface area contributed by atoms with Crippen molar-refractivity contribution in [3.63, 3.8) is 0 Å². The van der Waals surface area contributed by atoms with Gasteiger partial charge in [0.25, 0.3) is 5.56 Å². The lowest BCUT2D eigenvalue weighted by Crippen LogP contribution is -2.39. The summed E-state index contributed by atoms with van der Waals surface area (Å²) in [7, 11) is 0. The highest BCUT2D eigenvalue weighted by molar-refractivity contribution is 14.1. The molecule has 0 N–H and O–H groups in total. The number of rotatable bonds is 7. The van der Waals surface area contributed by atoms with E-state index in [2.05, 4.69) is 49.6 Å². The Bertz CT molecular complexity index is 1930. The Morgan fingerprint density at radius 2 is 1.93 bits per heavy atom. The summed E-state index contributed by atoms with van der Waals surface area (Å²) >= 11 is 7.09. The molecular formula is C32H25BrIN3O4S. The summed E-state index contributed by atoms with van der Waals surface area (Å²) in [6.07, 6.45) is 1.82. The van der Waals surface area contributed by atoms with Gasteiger partial charge in [-0.1, -0.05) is 59.4 Å². The first-order valence-electron chi connectivity index (χ1n) is 13.1. The Kier molecular flexibility index (Phi) is 9.11. The highest BCUT2D eigenvalue weighted by Gasteiger charge is 2.33. The zero-order chi connectivity index (χ0) is 30.0. The fraction of sp³-hybridized carbons (Fsp3) is 0.188. The lowest BCUT2D eigenvalue weighted by atomic mass is 9.95. The topological polar surface area (TPSA) is 93.7 Å². The van der Waals surface area contributed by atoms with Crippen LogP contribution in [0.15, 0.2) is 86.2 Å². The fourth-order valence-electron chi connectivity index (χ4n) is 4.71. The number of carbonyl (C=O) groups is 1. The highest BCUT2D eigenvalue weighted by atomic mass is 127. The molecule has 1 aliphatic heterocycles. The van der Waals surface area contributed by atoms with Crippen LogP contribution < -0.4 is 19.6 Å². The van der Waals surface area contributed by atoms with E-state index in [1.807, 2.05) is 67.6 Å². The van der Waals surface area contributed by atoms with Crippen LogP contribution in [0, 0.1) is 21.8 Å². The largest absolute Gasteiger partial charge is 0.487 e. The average molecular weight is 754 g/mol. The van der Waals surface area contributed by atoms with Crippen molar-refractivity contribution in [1.82, 2.24) is 4.57 Å². The zero-order valence-electron chi connectivity index (χ0n) is 23.0.